The van der Waals surface area contributed by atoms with Crippen LogP contribution in [-0.4, -0.2) is 26.2 Å². The van der Waals surface area contributed by atoms with Gasteiger partial charge in [-0.25, -0.2) is 9.37 Å². The van der Waals surface area contributed by atoms with E-state index < -0.39 is 34.0 Å². The first kappa shape index (κ1) is 18.6. The molecule has 1 aliphatic rings. The number of aromatic nitrogens is 1. The first-order valence-corrected chi connectivity index (χ1v) is 9.37. The summed E-state index contributed by atoms with van der Waals surface area (Å²) in [5, 5.41) is 5.81. The van der Waals surface area contributed by atoms with E-state index in [0.717, 1.165) is 0 Å². The maximum atomic E-state index is 14.5. The average Bonchev–Trinajstić information content (AvgIpc) is 2.59. The number of nitrogens with zero attached hydrogens (tertiary/aromatic N) is 1. The van der Waals surface area contributed by atoms with Crippen molar-refractivity contribution in [3.8, 4) is 0 Å². The van der Waals surface area contributed by atoms with E-state index >= 15 is 0 Å². The van der Waals surface area contributed by atoms with E-state index in [-0.39, 0.29) is 11.5 Å². The van der Waals surface area contributed by atoms with Crippen LogP contribution in [0.2, 0.25) is 0 Å². The van der Waals surface area contributed by atoms with Gasteiger partial charge in [0.05, 0.1) is 5.69 Å². The summed E-state index contributed by atoms with van der Waals surface area (Å²) < 4.78 is 29.5. The topological polar surface area (TPSA) is 89.1 Å². The standard InChI is InChI=1S/C18H21FN4O2S/c1-18(2,3)26(25)23-14(11-7-4-5-8-12(11)19)15-17(24)21-13-9-6-10-20-16(13)22-15/h4-10,14-15,23H,1-3H3,(H,20,22)(H,21,24)/t14-,15-,26?/m1/s1. The smallest absolute Gasteiger partial charge is 0.249 e. The van der Waals surface area contributed by atoms with E-state index in [1.54, 1.807) is 57.3 Å². The van der Waals surface area contributed by atoms with Crippen LogP contribution in [0.1, 0.15) is 32.4 Å². The Hall–Kier alpha value is -2.16. The van der Waals surface area contributed by atoms with E-state index in [9.17, 15) is 13.7 Å². The van der Waals surface area contributed by atoms with E-state index in [0.29, 0.717) is 11.5 Å². The van der Waals surface area contributed by atoms with E-state index in [1.165, 1.54) is 6.07 Å². The summed E-state index contributed by atoms with van der Waals surface area (Å²) in [6.45, 7) is 5.42. The van der Waals surface area contributed by atoms with Gasteiger partial charge in [0.25, 0.3) is 0 Å². The van der Waals surface area contributed by atoms with Crippen molar-refractivity contribution in [3.63, 3.8) is 0 Å². The third-order valence-corrected chi connectivity index (χ3v) is 5.58. The molecule has 26 heavy (non-hydrogen) atoms. The van der Waals surface area contributed by atoms with Crippen molar-refractivity contribution >= 4 is 28.8 Å². The van der Waals surface area contributed by atoms with Crippen LogP contribution in [0.5, 0.6) is 0 Å². The van der Waals surface area contributed by atoms with Gasteiger partial charge in [-0.2, -0.15) is 0 Å². The Morgan fingerprint density at radius 3 is 2.69 bits per heavy atom. The fourth-order valence-electron chi connectivity index (χ4n) is 2.61. The number of halogens is 1. The molecule has 0 bridgehead atoms. The zero-order valence-electron chi connectivity index (χ0n) is 14.7. The number of carbonyl (C=O) groups is 1. The number of anilines is 2. The molecule has 2 aromatic rings. The molecule has 0 saturated carbocycles. The van der Waals surface area contributed by atoms with Gasteiger partial charge in [-0.1, -0.05) is 18.2 Å². The van der Waals surface area contributed by atoms with Crippen molar-refractivity contribution < 1.29 is 13.7 Å². The molecule has 2 heterocycles. The summed E-state index contributed by atoms with van der Waals surface area (Å²) in [5.41, 5.74) is 0.815. The molecule has 8 heteroatoms. The number of fused-ring (bicyclic) bond motifs is 1. The van der Waals surface area contributed by atoms with Crippen molar-refractivity contribution in [2.45, 2.75) is 37.6 Å². The number of amides is 1. The Balaban J connectivity index is 1.98. The predicted octanol–water partition coefficient (Wildman–Crippen LogP) is 2.75. The van der Waals surface area contributed by atoms with Crippen LogP contribution < -0.4 is 15.4 Å². The molecule has 3 rings (SSSR count). The number of nitrogens with one attached hydrogen (secondary N) is 3. The first-order valence-electron chi connectivity index (χ1n) is 8.22. The van der Waals surface area contributed by atoms with Gasteiger partial charge < -0.3 is 15.2 Å². The summed E-state index contributed by atoms with van der Waals surface area (Å²) in [7, 11) is 0. The predicted molar refractivity (Wildman–Crippen MR) is 100 cm³/mol. The Kier molecular flexibility index (Phi) is 5.17. The summed E-state index contributed by atoms with van der Waals surface area (Å²) in [6.07, 6.45) is 1.60. The summed E-state index contributed by atoms with van der Waals surface area (Å²) in [5.74, 6) is -0.337. The quantitative estimate of drug-likeness (QED) is 0.714. The number of benzene rings is 1. The largest absolute Gasteiger partial charge is 0.598 e. The molecule has 0 fully saturated rings. The second-order valence-electron chi connectivity index (χ2n) is 7.01. The molecule has 0 aliphatic carbocycles. The molecule has 0 saturated heterocycles. The lowest BCUT2D eigenvalue weighted by Crippen LogP contribution is -2.52. The highest BCUT2D eigenvalue weighted by Gasteiger charge is 2.40. The van der Waals surface area contributed by atoms with E-state index in [4.69, 9.17) is 0 Å². The van der Waals surface area contributed by atoms with Crippen LogP contribution in [0, 0.1) is 5.82 Å². The SMILES string of the molecule is CC(C)(C)[S+]([O-])N[C@H](c1ccccc1F)[C@H]1Nc2ncccc2NC1=O. The second kappa shape index (κ2) is 7.22. The van der Waals surface area contributed by atoms with Gasteiger partial charge in [0.2, 0.25) is 5.91 Å². The molecule has 1 aliphatic heterocycles. The number of carbonyl (C=O) groups excluding carboxylic acids is 1. The highest BCUT2D eigenvalue weighted by atomic mass is 32.2. The van der Waals surface area contributed by atoms with Crippen molar-refractivity contribution in [1.29, 1.82) is 0 Å². The van der Waals surface area contributed by atoms with Gasteiger partial charge in [-0.05, 0) is 39.0 Å². The molecule has 1 aromatic carbocycles. The number of rotatable bonds is 4. The maximum Gasteiger partial charge on any atom is 0.249 e. The lowest BCUT2D eigenvalue weighted by molar-refractivity contribution is -0.117. The van der Waals surface area contributed by atoms with Crippen molar-refractivity contribution in [1.82, 2.24) is 9.71 Å². The molecule has 0 radical (unpaired) electrons. The molecular formula is C18H21FN4O2S. The fourth-order valence-corrected chi connectivity index (χ4v) is 3.46. The van der Waals surface area contributed by atoms with Gasteiger partial charge in [0.15, 0.2) is 0 Å². The van der Waals surface area contributed by atoms with Crippen molar-refractivity contribution in [3.05, 3.63) is 54.0 Å². The van der Waals surface area contributed by atoms with Crippen LogP contribution in [0.3, 0.4) is 0 Å². The molecule has 6 nitrogen and oxygen atoms in total. The van der Waals surface area contributed by atoms with Crippen molar-refractivity contribution in [2.24, 2.45) is 0 Å². The van der Waals surface area contributed by atoms with Crippen LogP contribution in [0.4, 0.5) is 15.9 Å². The van der Waals surface area contributed by atoms with Crippen LogP contribution in [0.15, 0.2) is 42.6 Å². The fraction of sp³-hybridized carbons (Fsp3) is 0.333. The molecule has 3 N–H and O–H groups in total. The van der Waals surface area contributed by atoms with Gasteiger partial charge in [0.1, 0.15) is 28.5 Å². The summed E-state index contributed by atoms with van der Waals surface area (Å²) in [4.78, 5) is 16.9. The van der Waals surface area contributed by atoms with Gasteiger partial charge in [-0.15, -0.1) is 4.72 Å². The number of hydrogen-bond acceptors (Lipinski definition) is 5. The minimum absolute atomic E-state index is 0.261. The summed E-state index contributed by atoms with van der Waals surface area (Å²) in [6, 6.07) is 7.87. The zero-order valence-corrected chi connectivity index (χ0v) is 15.6. The van der Waals surface area contributed by atoms with Gasteiger partial charge in [0, 0.05) is 23.1 Å². The molecule has 1 unspecified atom stereocenters. The Labute approximate surface area is 154 Å². The average molecular weight is 376 g/mol. The third-order valence-electron chi connectivity index (χ3n) is 4.00. The molecule has 3 atom stereocenters. The van der Waals surface area contributed by atoms with Crippen LogP contribution in [0.25, 0.3) is 0 Å². The lowest BCUT2D eigenvalue weighted by atomic mass is 9.97. The minimum atomic E-state index is -1.51. The first-order chi connectivity index (χ1) is 12.3. The zero-order chi connectivity index (χ0) is 18.9. The Morgan fingerprint density at radius 1 is 1.27 bits per heavy atom. The molecule has 1 aromatic heterocycles. The van der Waals surface area contributed by atoms with Gasteiger partial charge >= 0.3 is 0 Å². The molecular weight excluding hydrogens is 355 g/mol. The number of hydrogen-bond donors (Lipinski definition) is 3. The van der Waals surface area contributed by atoms with E-state index in [1.807, 2.05) is 0 Å². The number of pyridine rings is 1. The molecule has 138 valence electrons. The monoisotopic (exact) mass is 376 g/mol. The van der Waals surface area contributed by atoms with Gasteiger partial charge in [-0.3, -0.25) is 4.79 Å². The van der Waals surface area contributed by atoms with Crippen molar-refractivity contribution in [2.75, 3.05) is 10.6 Å². The van der Waals surface area contributed by atoms with Crippen LogP contribution >= 0.6 is 0 Å². The minimum Gasteiger partial charge on any atom is -0.598 e. The maximum absolute atomic E-state index is 14.5. The Morgan fingerprint density at radius 2 is 2.00 bits per heavy atom. The highest BCUT2D eigenvalue weighted by Crippen LogP contribution is 2.31. The molecule has 0 spiro atoms. The van der Waals surface area contributed by atoms with Crippen LogP contribution in [-0.2, 0) is 16.2 Å². The second-order valence-corrected chi connectivity index (χ2v) is 9.01. The summed E-state index contributed by atoms with van der Waals surface area (Å²) >= 11 is -1.51. The van der Waals surface area contributed by atoms with E-state index in [2.05, 4.69) is 20.3 Å². The highest BCUT2D eigenvalue weighted by molar-refractivity contribution is 7.90. The third kappa shape index (κ3) is 3.82. The Bertz CT molecular complexity index is 812. The molecule has 1 amide bonds. The lowest BCUT2D eigenvalue weighted by Gasteiger charge is -2.34. The normalized spacial score (nSPS) is 19.1.